The molecule has 1 fully saturated rings. The largest absolute Gasteiger partial charge is 0.497 e. The van der Waals surface area contributed by atoms with Gasteiger partial charge in [0.25, 0.3) is 11.1 Å². The molecule has 0 spiro atoms. The number of furan rings is 1. The van der Waals surface area contributed by atoms with E-state index in [-0.39, 0.29) is 10.5 Å². The summed E-state index contributed by atoms with van der Waals surface area (Å²) in [7, 11) is 1.53. The molecule has 0 atom stereocenters. The number of carboxylic acid groups (broad SMARTS) is 1. The molecule has 10 heteroatoms. The molecule has 3 aromatic rings. The number of aromatic carboxylic acids is 1. The number of carbonyl (C=O) groups excluding carboxylic acids is 3. The van der Waals surface area contributed by atoms with Gasteiger partial charge in [-0.2, -0.15) is 0 Å². The SMILES string of the molecule is COc1ccc(NC(=O)CN2C(=O)S/C(=C\c3ccc(-c4cccc(C(=O)O)c4C)o3)C2=O)cc1. The first-order chi connectivity index (χ1) is 16.8. The summed E-state index contributed by atoms with van der Waals surface area (Å²) in [6.45, 7) is 1.25. The molecule has 9 nitrogen and oxygen atoms in total. The first-order valence-corrected chi connectivity index (χ1v) is 11.2. The molecule has 4 rings (SSSR count). The Morgan fingerprint density at radius 3 is 2.54 bits per heavy atom. The number of ether oxygens (including phenoxy) is 1. The highest BCUT2D eigenvalue weighted by Gasteiger charge is 2.36. The average Bonchev–Trinajstić information content (AvgIpc) is 3.39. The van der Waals surface area contributed by atoms with Gasteiger partial charge >= 0.3 is 5.97 Å². The Bertz CT molecular complexity index is 1360. The van der Waals surface area contributed by atoms with Crippen molar-refractivity contribution in [2.75, 3.05) is 19.0 Å². The zero-order valence-corrected chi connectivity index (χ0v) is 19.5. The Hall–Kier alpha value is -4.31. The van der Waals surface area contributed by atoms with E-state index >= 15 is 0 Å². The van der Waals surface area contributed by atoms with Crippen LogP contribution in [0.25, 0.3) is 17.4 Å². The molecule has 178 valence electrons. The summed E-state index contributed by atoms with van der Waals surface area (Å²) in [5.41, 5.74) is 1.81. The van der Waals surface area contributed by atoms with Gasteiger partial charge in [0, 0.05) is 17.3 Å². The van der Waals surface area contributed by atoms with Gasteiger partial charge in [-0.15, -0.1) is 0 Å². The number of anilines is 1. The number of imide groups is 1. The van der Waals surface area contributed by atoms with E-state index in [2.05, 4.69) is 5.32 Å². The number of methoxy groups -OCH3 is 1. The molecule has 0 unspecified atom stereocenters. The third-order valence-corrected chi connectivity index (χ3v) is 6.19. The van der Waals surface area contributed by atoms with Crippen molar-refractivity contribution in [1.82, 2.24) is 4.90 Å². The van der Waals surface area contributed by atoms with E-state index in [0.29, 0.717) is 45.8 Å². The Labute approximate surface area is 204 Å². The molecule has 0 saturated carbocycles. The number of rotatable bonds is 7. The number of benzene rings is 2. The van der Waals surface area contributed by atoms with Crippen molar-refractivity contribution in [2.45, 2.75) is 6.92 Å². The molecule has 2 heterocycles. The lowest BCUT2D eigenvalue weighted by atomic mass is 10.0. The number of carbonyl (C=O) groups is 4. The van der Waals surface area contributed by atoms with Gasteiger partial charge in [0.05, 0.1) is 17.6 Å². The minimum Gasteiger partial charge on any atom is -0.497 e. The van der Waals surface area contributed by atoms with Crippen LogP contribution >= 0.6 is 11.8 Å². The van der Waals surface area contributed by atoms with Crippen molar-refractivity contribution < 1.29 is 33.4 Å². The van der Waals surface area contributed by atoms with Gasteiger partial charge in [-0.25, -0.2) is 4.79 Å². The van der Waals surface area contributed by atoms with Crippen LogP contribution in [0.3, 0.4) is 0 Å². The fraction of sp³-hybridized carbons (Fsp3) is 0.120. The van der Waals surface area contributed by atoms with Crippen molar-refractivity contribution >= 4 is 46.5 Å². The van der Waals surface area contributed by atoms with Gasteiger partial charge in [-0.1, -0.05) is 12.1 Å². The van der Waals surface area contributed by atoms with Crippen molar-refractivity contribution in [1.29, 1.82) is 0 Å². The van der Waals surface area contributed by atoms with Crippen molar-refractivity contribution in [3.63, 3.8) is 0 Å². The van der Waals surface area contributed by atoms with Gasteiger partial charge in [-0.05, 0) is 66.7 Å². The number of hydrogen-bond donors (Lipinski definition) is 2. The maximum absolute atomic E-state index is 12.8. The van der Waals surface area contributed by atoms with E-state index < -0.39 is 29.6 Å². The van der Waals surface area contributed by atoms with Crippen LogP contribution in [0.1, 0.15) is 21.7 Å². The Balaban J connectivity index is 1.46. The predicted octanol–water partition coefficient (Wildman–Crippen LogP) is 4.64. The second kappa shape index (κ2) is 9.90. The predicted molar refractivity (Wildman–Crippen MR) is 130 cm³/mol. The van der Waals surface area contributed by atoms with Gasteiger partial charge in [-0.3, -0.25) is 19.3 Å². The summed E-state index contributed by atoms with van der Waals surface area (Å²) in [6, 6.07) is 14.8. The number of nitrogens with zero attached hydrogens (tertiary/aromatic N) is 1. The third-order valence-electron chi connectivity index (χ3n) is 5.28. The molecule has 3 amide bonds. The standard InChI is InChI=1S/C25H20N2O7S/c1-14-18(4-3-5-19(14)24(30)31)20-11-10-17(34-20)12-21-23(29)27(25(32)35-21)13-22(28)26-15-6-8-16(33-2)9-7-15/h3-12H,13H2,1-2H3,(H,26,28)(H,30,31)/b21-12-. The number of nitrogens with one attached hydrogen (secondary N) is 1. The number of hydrogen-bond acceptors (Lipinski definition) is 7. The van der Waals surface area contributed by atoms with E-state index in [1.807, 2.05) is 0 Å². The lowest BCUT2D eigenvalue weighted by Gasteiger charge is -2.12. The van der Waals surface area contributed by atoms with Crippen LogP contribution in [0.5, 0.6) is 5.75 Å². The molecule has 0 aliphatic carbocycles. The molecule has 0 radical (unpaired) electrons. The maximum atomic E-state index is 12.8. The molecule has 0 bridgehead atoms. The monoisotopic (exact) mass is 492 g/mol. The molecular weight excluding hydrogens is 472 g/mol. The molecule has 2 aromatic carbocycles. The van der Waals surface area contributed by atoms with Gasteiger partial charge in [0.15, 0.2) is 0 Å². The first-order valence-electron chi connectivity index (χ1n) is 10.4. The highest BCUT2D eigenvalue weighted by Crippen LogP contribution is 2.34. The first kappa shape index (κ1) is 23.8. The van der Waals surface area contributed by atoms with E-state index in [4.69, 9.17) is 9.15 Å². The maximum Gasteiger partial charge on any atom is 0.335 e. The molecule has 1 aliphatic heterocycles. The second-order valence-corrected chi connectivity index (χ2v) is 8.52. The van der Waals surface area contributed by atoms with E-state index in [1.165, 1.54) is 19.3 Å². The van der Waals surface area contributed by atoms with Crippen molar-refractivity contribution in [2.24, 2.45) is 0 Å². The topological polar surface area (TPSA) is 126 Å². The minimum atomic E-state index is -1.04. The van der Waals surface area contributed by atoms with Gasteiger partial charge in [0.2, 0.25) is 5.91 Å². The third kappa shape index (κ3) is 5.12. The smallest absolute Gasteiger partial charge is 0.335 e. The van der Waals surface area contributed by atoms with Crippen LogP contribution in [0.15, 0.2) is 63.9 Å². The van der Waals surface area contributed by atoms with Crippen LogP contribution in [0.2, 0.25) is 0 Å². The Morgan fingerprint density at radius 1 is 1.11 bits per heavy atom. The molecular formula is C25H20N2O7S. The summed E-state index contributed by atoms with van der Waals surface area (Å²) in [5.74, 6) is -0.798. The van der Waals surface area contributed by atoms with Crippen molar-refractivity contribution in [3.05, 3.63) is 76.4 Å². The number of amides is 3. The van der Waals surface area contributed by atoms with Crippen LogP contribution in [0, 0.1) is 6.92 Å². The van der Waals surface area contributed by atoms with E-state index in [9.17, 15) is 24.3 Å². The van der Waals surface area contributed by atoms with Gasteiger partial charge < -0.3 is 19.6 Å². The number of carboxylic acids is 1. The van der Waals surface area contributed by atoms with Crippen LogP contribution in [0.4, 0.5) is 10.5 Å². The lowest BCUT2D eigenvalue weighted by Crippen LogP contribution is -2.36. The van der Waals surface area contributed by atoms with Crippen LogP contribution in [-0.2, 0) is 9.59 Å². The second-order valence-electron chi connectivity index (χ2n) is 7.53. The summed E-state index contributed by atoms with van der Waals surface area (Å²) >= 11 is 0.709. The average molecular weight is 493 g/mol. The number of thioether (sulfide) groups is 1. The van der Waals surface area contributed by atoms with E-state index in [1.54, 1.807) is 55.5 Å². The Morgan fingerprint density at radius 2 is 1.86 bits per heavy atom. The fourth-order valence-electron chi connectivity index (χ4n) is 3.49. The zero-order valence-electron chi connectivity index (χ0n) is 18.7. The fourth-order valence-corrected chi connectivity index (χ4v) is 4.31. The molecule has 2 N–H and O–H groups in total. The van der Waals surface area contributed by atoms with Gasteiger partial charge in [0.1, 0.15) is 23.8 Å². The van der Waals surface area contributed by atoms with Crippen LogP contribution < -0.4 is 10.1 Å². The normalized spacial score (nSPS) is 14.5. The molecule has 1 aliphatic rings. The summed E-state index contributed by atoms with van der Waals surface area (Å²) < 4.78 is 10.9. The zero-order chi connectivity index (χ0) is 25.1. The lowest BCUT2D eigenvalue weighted by molar-refractivity contribution is -0.127. The highest BCUT2D eigenvalue weighted by atomic mass is 32.2. The summed E-state index contributed by atoms with van der Waals surface area (Å²) in [5, 5.41) is 11.4. The molecule has 35 heavy (non-hydrogen) atoms. The van der Waals surface area contributed by atoms with Crippen LogP contribution in [-0.4, -0.2) is 46.7 Å². The minimum absolute atomic E-state index is 0.115. The molecule has 1 aromatic heterocycles. The molecule has 1 saturated heterocycles. The summed E-state index contributed by atoms with van der Waals surface area (Å²) in [4.78, 5) is 49.9. The quantitative estimate of drug-likeness (QED) is 0.457. The Kier molecular flexibility index (Phi) is 6.74. The highest BCUT2D eigenvalue weighted by molar-refractivity contribution is 8.18. The van der Waals surface area contributed by atoms with Crippen molar-refractivity contribution in [3.8, 4) is 17.1 Å². The summed E-state index contributed by atoms with van der Waals surface area (Å²) in [6.07, 6.45) is 1.42. The van der Waals surface area contributed by atoms with E-state index in [0.717, 1.165) is 4.90 Å².